The van der Waals surface area contributed by atoms with Gasteiger partial charge in [-0.1, -0.05) is 6.92 Å². The average Bonchev–Trinajstić information content (AvgIpc) is 2.01. The minimum atomic E-state index is -0.185. The summed E-state index contributed by atoms with van der Waals surface area (Å²) in [6, 6.07) is 0.373. The Morgan fingerprint density at radius 3 is 3.00 bits per heavy atom. The van der Waals surface area contributed by atoms with Gasteiger partial charge in [0.05, 0.1) is 0 Å². The highest BCUT2D eigenvalue weighted by molar-refractivity contribution is 5.65. The summed E-state index contributed by atoms with van der Waals surface area (Å²) in [4.78, 5) is 10.5. The number of esters is 1. The van der Waals surface area contributed by atoms with Crippen molar-refractivity contribution in [3.05, 3.63) is 0 Å². The van der Waals surface area contributed by atoms with Gasteiger partial charge in [0.15, 0.2) is 0 Å². The molecule has 3 heteroatoms. The lowest BCUT2D eigenvalue weighted by Crippen LogP contribution is -2.40. The Morgan fingerprint density at radius 2 is 2.42 bits per heavy atom. The smallest absolute Gasteiger partial charge is 0.302 e. The van der Waals surface area contributed by atoms with E-state index in [-0.39, 0.29) is 5.97 Å². The lowest BCUT2D eigenvalue weighted by atomic mass is 9.95. The van der Waals surface area contributed by atoms with Crippen LogP contribution >= 0.6 is 0 Å². The van der Waals surface area contributed by atoms with Crippen LogP contribution in [-0.4, -0.2) is 25.2 Å². The van der Waals surface area contributed by atoms with E-state index in [9.17, 15) is 4.79 Å². The average molecular weight is 171 g/mol. The topological polar surface area (TPSA) is 38.3 Å². The highest BCUT2D eigenvalue weighted by Crippen LogP contribution is 2.14. The van der Waals surface area contributed by atoms with Crippen LogP contribution in [0.15, 0.2) is 0 Å². The van der Waals surface area contributed by atoms with E-state index in [1.165, 1.54) is 13.3 Å². The zero-order chi connectivity index (χ0) is 8.97. The summed E-state index contributed by atoms with van der Waals surface area (Å²) < 4.78 is 4.93. The molecule has 0 aromatic rings. The van der Waals surface area contributed by atoms with Crippen molar-refractivity contribution in [2.75, 3.05) is 13.2 Å². The van der Waals surface area contributed by atoms with Crippen molar-refractivity contribution in [1.29, 1.82) is 0 Å². The highest BCUT2D eigenvalue weighted by atomic mass is 16.5. The normalized spacial score (nSPS) is 29.8. The van der Waals surface area contributed by atoms with Gasteiger partial charge in [-0.05, 0) is 25.3 Å². The zero-order valence-electron chi connectivity index (χ0n) is 7.80. The first kappa shape index (κ1) is 9.52. The quantitative estimate of drug-likeness (QED) is 0.628. The lowest BCUT2D eigenvalue weighted by molar-refractivity contribution is -0.141. The number of nitrogens with one attached hydrogen (secondary N) is 1. The van der Waals surface area contributed by atoms with E-state index in [0.717, 1.165) is 18.9 Å². The Balaban J connectivity index is 2.18. The van der Waals surface area contributed by atoms with Gasteiger partial charge in [0.25, 0.3) is 0 Å². The molecule has 0 aromatic carbocycles. The largest absolute Gasteiger partial charge is 0.464 e. The Bertz CT molecular complexity index is 159. The van der Waals surface area contributed by atoms with Gasteiger partial charge >= 0.3 is 5.97 Å². The van der Waals surface area contributed by atoms with Crippen LogP contribution < -0.4 is 5.32 Å². The van der Waals surface area contributed by atoms with Gasteiger partial charge in [-0.2, -0.15) is 0 Å². The Labute approximate surface area is 73.5 Å². The second kappa shape index (κ2) is 4.45. The van der Waals surface area contributed by atoms with Crippen LogP contribution in [0, 0.1) is 5.92 Å². The number of rotatable bonds is 2. The summed E-state index contributed by atoms with van der Waals surface area (Å²) in [5.41, 5.74) is 0. The molecule has 3 nitrogen and oxygen atoms in total. The lowest BCUT2D eigenvalue weighted by Gasteiger charge is -2.27. The first-order valence-corrected chi connectivity index (χ1v) is 4.55. The first-order chi connectivity index (χ1) is 5.68. The predicted octanol–water partition coefficient (Wildman–Crippen LogP) is 0.938. The van der Waals surface area contributed by atoms with Crippen LogP contribution in [0.4, 0.5) is 0 Å². The van der Waals surface area contributed by atoms with E-state index >= 15 is 0 Å². The van der Waals surface area contributed by atoms with Gasteiger partial charge in [0.1, 0.15) is 6.61 Å². The van der Waals surface area contributed by atoms with Gasteiger partial charge in [0, 0.05) is 13.0 Å². The van der Waals surface area contributed by atoms with Crippen LogP contribution in [0.3, 0.4) is 0 Å². The monoisotopic (exact) mass is 171 g/mol. The van der Waals surface area contributed by atoms with Crippen LogP contribution in [0.25, 0.3) is 0 Å². The molecule has 0 unspecified atom stereocenters. The zero-order valence-corrected chi connectivity index (χ0v) is 7.80. The van der Waals surface area contributed by atoms with E-state index < -0.39 is 0 Å². The van der Waals surface area contributed by atoms with Gasteiger partial charge in [-0.15, -0.1) is 0 Å². The maximum Gasteiger partial charge on any atom is 0.302 e. The number of hydrogen-bond donors (Lipinski definition) is 1. The number of piperidine rings is 1. The molecule has 0 saturated carbocycles. The molecule has 70 valence electrons. The summed E-state index contributed by atoms with van der Waals surface area (Å²) in [5.74, 6) is 0.571. The summed E-state index contributed by atoms with van der Waals surface area (Å²) in [6.45, 7) is 5.26. The van der Waals surface area contributed by atoms with E-state index in [1.807, 2.05) is 0 Å². The fraction of sp³-hybridized carbons (Fsp3) is 0.889. The molecule has 1 saturated heterocycles. The van der Waals surface area contributed by atoms with Crippen molar-refractivity contribution in [2.45, 2.75) is 32.7 Å². The molecular formula is C9H17NO2. The molecule has 0 bridgehead atoms. The summed E-state index contributed by atoms with van der Waals surface area (Å²) >= 11 is 0. The Hall–Kier alpha value is -0.570. The summed E-state index contributed by atoms with van der Waals surface area (Å²) in [6.07, 6.45) is 2.35. The predicted molar refractivity (Wildman–Crippen MR) is 46.8 cm³/mol. The summed E-state index contributed by atoms with van der Waals surface area (Å²) in [5, 5.41) is 3.33. The van der Waals surface area contributed by atoms with Crippen LogP contribution in [0.1, 0.15) is 26.7 Å². The molecular weight excluding hydrogens is 154 g/mol. The van der Waals surface area contributed by atoms with E-state index in [2.05, 4.69) is 12.2 Å². The highest BCUT2D eigenvalue weighted by Gasteiger charge is 2.18. The second-order valence-electron chi connectivity index (χ2n) is 3.58. The molecule has 2 atom stereocenters. The third kappa shape index (κ3) is 3.22. The standard InChI is InChI=1S/C9H17NO2/c1-7-3-4-10-9(5-7)6-12-8(2)11/h7,9-10H,3-6H2,1-2H3/t7-,9+/m0/s1. The van der Waals surface area contributed by atoms with Gasteiger partial charge in [0.2, 0.25) is 0 Å². The number of ether oxygens (including phenoxy) is 1. The van der Waals surface area contributed by atoms with Crippen molar-refractivity contribution < 1.29 is 9.53 Å². The van der Waals surface area contributed by atoms with Gasteiger partial charge in [-0.25, -0.2) is 0 Å². The molecule has 1 N–H and O–H groups in total. The fourth-order valence-corrected chi connectivity index (χ4v) is 1.57. The van der Waals surface area contributed by atoms with Crippen LogP contribution in [0.5, 0.6) is 0 Å². The van der Waals surface area contributed by atoms with Crippen molar-refractivity contribution in [3.63, 3.8) is 0 Å². The van der Waals surface area contributed by atoms with Gasteiger partial charge < -0.3 is 10.1 Å². The summed E-state index contributed by atoms with van der Waals surface area (Å²) in [7, 11) is 0. The molecule has 0 aromatic heterocycles. The van der Waals surface area contributed by atoms with E-state index in [0.29, 0.717) is 12.6 Å². The Morgan fingerprint density at radius 1 is 1.67 bits per heavy atom. The number of hydrogen-bond acceptors (Lipinski definition) is 3. The molecule has 0 radical (unpaired) electrons. The first-order valence-electron chi connectivity index (χ1n) is 4.55. The maximum absolute atomic E-state index is 10.5. The molecule has 0 spiro atoms. The molecule has 1 aliphatic rings. The van der Waals surface area contributed by atoms with Crippen LogP contribution in [-0.2, 0) is 9.53 Å². The minimum Gasteiger partial charge on any atom is -0.464 e. The van der Waals surface area contributed by atoms with Crippen molar-refractivity contribution >= 4 is 5.97 Å². The third-order valence-electron chi connectivity index (χ3n) is 2.24. The van der Waals surface area contributed by atoms with E-state index in [1.54, 1.807) is 0 Å². The molecule has 1 fully saturated rings. The molecule has 12 heavy (non-hydrogen) atoms. The van der Waals surface area contributed by atoms with Crippen LogP contribution in [0.2, 0.25) is 0 Å². The van der Waals surface area contributed by atoms with Crippen molar-refractivity contribution in [1.82, 2.24) is 5.32 Å². The molecule has 1 rings (SSSR count). The van der Waals surface area contributed by atoms with E-state index in [4.69, 9.17) is 4.74 Å². The Kier molecular flexibility index (Phi) is 3.53. The number of carbonyl (C=O) groups is 1. The SMILES string of the molecule is CC(=O)OC[C@H]1C[C@@H](C)CCN1. The van der Waals surface area contributed by atoms with Gasteiger partial charge in [-0.3, -0.25) is 4.79 Å². The van der Waals surface area contributed by atoms with Crippen molar-refractivity contribution in [3.8, 4) is 0 Å². The third-order valence-corrected chi connectivity index (χ3v) is 2.24. The maximum atomic E-state index is 10.5. The molecule has 1 aliphatic heterocycles. The second-order valence-corrected chi connectivity index (χ2v) is 3.58. The molecule has 0 amide bonds. The van der Waals surface area contributed by atoms with Crippen molar-refractivity contribution in [2.24, 2.45) is 5.92 Å². The minimum absolute atomic E-state index is 0.185. The number of carbonyl (C=O) groups excluding carboxylic acids is 1. The fourth-order valence-electron chi connectivity index (χ4n) is 1.57. The molecule has 1 heterocycles. The molecule has 0 aliphatic carbocycles.